The molecule has 1 amide bonds. The van der Waals surface area contributed by atoms with E-state index in [1.165, 1.54) is 0 Å². The molecule has 1 aromatic carbocycles. The minimum Gasteiger partial charge on any atom is -0.326 e. The Balaban J connectivity index is 2.15. The Labute approximate surface area is 112 Å². The number of pyridine rings is 1. The van der Waals surface area contributed by atoms with Gasteiger partial charge in [-0.2, -0.15) is 0 Å². The molecule has 0 saturated heterocycles. The number of anilines is 1. The summed E-state index contributed by atoms with van der Waals surface area (Å²) in [5.74, 6) is 0.376. The predicted octanol–water partition coefficient (Wildman–Crippen LogP) is 2.41. The highest BCUT2D eigenvalue weighted by Gasteiger charge is 2.07. The molecule has 3 N–H and O–H groups in total. The van der Waals surface area contributed by atoms with Crippen LogP contribution in [0.1, 0.15) is 27.0 Å². The molecule has 0 aliphatic heterocycles. The number of carbonyl (C=O) groups excluding carboxylic acids is 1. The van der Waals surface area contributed by atoms with Crippen molar-refractivity contribution in [3.8, 4) is 0 Å². The molecule has 4 nitrogen and oxygen atoms in total. The number of carbonyl (C=O) groups is 1. The first-order chi connectivity index (χ1) is 9.08. The van der Waals surface area contributed by atoms with E-state index in [2.05, 4.69) is 10.3 Å². The molecule has 0 unspecified atom stereocenters. The lowest BCUT2D eigenvalue weighted by molar-refractivity contribution is 0.102. The second kappa shape index (κ2) is 5.63. The van der Waals surface area contributed by atoms with E-state index in [4.69, 9.17) is 5.73 Å². The zero-order valence-electron chi connectivity index (χ0n) is 11.1. The number of aromatic nitrogens is 1. The van der Waals surface area contributed by atoms with Crippen molar-refractivity contribution in [2.45, 2.75) is 20.4 Å². The minimum absolute atomic E-state index is 0.153. The lowest BCUT2D eigenvalue weighted by atomic mass is 10.1. The van der Waals surface area contributed by atoms with Crippen LogP contribution in [0.25, 0.3) is 0 Å². The first-order valence-corrected chi connectivity index (χ1v) is 6.13. The van der Waals surface area contributed by atoms with Gasteiger partial charge in [-0.1, -0.05) is 23.3 Å². The van der Waals surface area contributed by atoms with Crippen molar-refractivity contribution in [3.63, 3.8) is 0 Å². The van der Waals surface area contributed by atoms with Gasteiger partial charge < -0.3 is 11.1 Å². The van der Waals surface area contributed by atoms with Crippen molar-refractivity contribution in [1.82, 2.24) is 4.98 Å². The minimum atomic E-state index is -0.153. The Morgan fingerprint density at radius 3 is 2.42 bits per heavy atom. The molecule has 98 valence electrons. The highest BCUT2D eigenvalue weighted by Crippen LogP contribution is 2.11. The second-order valence-electron chi connectivity index (χ2n) is 4.59. The van der Waals surface area contributed by atoms with E-state index >= 15 is 0 Å². The van der Waals surface area contributed by atoms with Crippen LogP contribution in [0.3, 0.4) is 0 Å². The molecule has 0 aliphatic rings. The summed E-state index contributed by atoms with van der Waals surface area (Å²) in [5, 5.41) is 2.77. The Kier molecular flexibility index (Phi) is 3.92. The van der Waals surface area contributed by atoms with Gasteiger partial charge in [0.25, 0.3) is 5.91 Å². The first kappa shape index (κ1) is 13.2. The number of rotatable bonds is 3. The van der Waals surface area contributed by atoms with Crippen LogP contribution in [0.4, 0.5) is 5.82 Å². The van der Waals surface area contributed by atoms with Crippen molar-refractivity contribution in [3.05, 3.63) is 58.8 Å². The standard InChI is InChI=1S/C15H17N3O/c1-10-5-11(2)7-13(6-10)15(19)18-14-4-3-12(8-16)9-17-14/h3-7,9H,8,16H2,1-2H3,(H,17,18,19). The van der Waals surface area contributed by atoms with Crippen molar-refractivity contribution in [2.24, 2.45) is 5.73 Å². The van der Waals surface area contributed by atoms with Gasteiger partial charge in [-0.3, -0.25) is 4.79 Å². The normalized spacial score (nSPS) is 10.3. The molecule has 2 rings (SSSR count). The summed E-state index contributed by atoms with van der Waals surface area (Å²) in [7, 11) is 0. The molecule has 0 aliphatic carbocycles. The van der Waals surface area contributed by atoms with E-state index < -0.39 is 0 Å². The lowest BCUT2D eigenvalue weighted by Gasteiger charge is -2.07. The fourth-order valence-corrected chi connectivity index (χ4v) is 1.91. The zero-order chi connectivity index (χ0) is 13.8. The molecule has 0 fully saturated rings. The van der Waals surface area contributed by atoms with Gasteiger partial charge >= 0.3 is 0 Å². The van der Waals surface area contributed by atoms with Crippen LogP contribution in [0.2, 0.25) is 0 Å². The van der Waals surface area contributed by atoms with Crippen molar-refractivity contribution >= 4 is 11.7 Å². The highest BCUT2D eigenvalue weighted by molar-refractivity contribution is 6.04. The van der Waals surface area contributed by atoms with Crippen LogP contribution in [0.5, 0.6) is 0 Å². The van der Waals surface area contributed by atoms with Gasteiger partial charge in [0.05, 0.1) is 0 Å². The van der Waals surface area contributed by atoms with Gasteiger partial charge in [-0.25, -0.2) is 4.98 Å². The molecule has 0 saturated carbocycles. The SMILES string of the molecule is Cc1cc(C)cc(C(=O)Nc2ccc(CN)cn2)c1. The Bertz CT molecular complexity index is 571. The number of nitrogens with two attached hydrogens (primary N) is 1. The second-order valence-corrected chi connectivity index (χ2v) is 4.59. The predicted molar refractivity (Wildman–Crippen MR) is 76.0 cm³/mol. The molecule has 0 bridgehead atoms. The Morgan fingerprint density at radius 1 is 1.21 bits per heavy atom. The molecule has 4 heteroatoms. The molecule has 1 aromatic heterocycles. The van der Waals surface area contributed by atoms with E-state index in [0.717, 1.165) is 16.7 Å². The van der Waals surface area contributed by atoms with Crippen LogP contribution < -0.4 is 11.1 Å². The maximum atomic E-state index is 12.1. The topological polar surface area (TPSA) is 68.0 Å². The van der Waals surface area contributed by atoms with E-state index in [1.54, 1.807) is 12.3 Å². The Morgan fingerprint density at radius 2 is 1.89 bits per heavy atom. The summed E-state index contributed by atoms with van der Waals surface area (Å²) in [6.45, 7) is 4.38. The van der Waals surface area contributed by atoms with E-state index in [9.17, 15) is 4.79 Å². The summed E-state index contributed by atoms with van der Waals surface area (Å²) < 4.78 is 0. The van der Waals surface area contributed by atoms with Crippen LogP contribution in [-0.2, 0) is 6.54 Å². The quantitative estimate of drug-likeness (QED) is 0.885. The molecular formula is C15H17N3O. The number of nitrogens with zero attached hydrogens (tertiary/aromatic N) is 1. The fraction of sp³-hybridized carbons (Fsp3) is 0.200. The summed E-state index contributed by atoms with van der Waals surface area (Å²) in [4.78, 5) is 16.2. The third kappa shape index (κ3) is 3.39. The summed E-state index contributed by atoms with van der Waals surface area (Å²) in [5.41, 5.74) is 9.21. The van der Waals surface area contributed by atoms with Gasteiger partial charge in [0.15, 0.2) is 0 Å². The number of benzene rings is 1. The van der Waals surface area contributed by atoms with Crippen molar-refractivity contribution in [1.29, 1.82) is 0 Å². The number of amides is 1. The summed E-state index contributed by atoms with van der Waals surface area (Å²) in [6.07, 6.45) is 1.66. The van der Waals surface area contributed by atoms with Crippen LogP contribution >= 0.6 is 0 Å². The van der Waals surface area contributed by atoms with Crippen molar-refractivity contribution < 1.29 is 4.79 Å². The lowest BCUT2D eigenvalue weighted by Crippen LogP contribution is -2.13. The Hall–Kier alpha value is -2.20. The van der Waals surface area contributed by atoms with Gasteiger partial charge in [0, 0.05) is 18.3 Å². The average molecular weight is 255 g/mol. The zero-order valence-corrected chi connectivity index (χ0v) is 11.1. The maximum absolute atomic E-state index is 12.1. The summed E-state index contributed by atoms with van der Waals surface area (Å²) in [6, 6.07) is 9.35. The van der Waals surface area contributed by atoms with Crippen LogP contribution in [-0.4, -0.2) is 10.9 Å². The molecule has 1 heterocycles. The largest absolute Gasteiger partial charge is 0.326 e. The van der Waals surface area contributed by atoms with Gasteiger partial charge in [-0.05, 0) is 37.6 Å². The van der Waals surface area contributed by atoms with Crippen LogP contribution in [0.15, 0.2) is 36.5 Å². The fourth-order valence-electron chi connectivity index (χ4n) is 1.91. The molecule has 0 atom stereocenters. The van der Waals surface area contributed by atoms with Crippen LogP contribution in [0, 0.1) is 13.8 Å². The number of hydrogen-bond donors (Lipinski definition) is 2. The molecule has 0 radical (unpaired) electrons. The average Bonchev–Trinajstić information content (AvgIpc) is 2.38. The number of aryl methyl sites for hydroxylation is 2. The number of hydrogen-bond acceptors (Lipinski definition) is 3. The van der Waals surface area contributed by atoms with E-state index in [0.29, 0.717) is 17.9 Å². The molecular weight excluding hydrogens is 238 g/mol. The highest BCUT2D eigenvalue weighted by atomic mass is 16.1. The third-order valence-electron chi connectivity index (χ3n) is 2.79. The monoisotopic (exact) mass is 255 g/mol. The third-order valence-corrected chi connectivity index (χ3v) is 2.79. The smallest absolute Gasteiger partial charge is 0.256 e. The molecule has 0 spiro atoms. The van der Waals surface area contributed by atoms with Crippen molar-refractivity contribution in [2.75, 3.05) is 5.32 Å². The van der Waals surface area contributed by atoms with E-state index in [-0.39, 0.29) is 5.91 Å². The summed E-state index contributed by atoms with van der Waals surface area (Å²) >= 11 is 0. The van der Waals surface area contributed by atoms with E-state index in [1.807, 2.05) is 38.1 Å². The first-order valence-electron chi connectivity index (χ1n) is 6.13. The van der Waals surface area contributed by atoms with Gasteiger partial charge in [0.1, 0.15) is 5.82 Å². The molecule has 19 heavy (non-hydrogen) atoms. The van der Waals surface area contributed by atoms with Gasteiger partial charge in [0.2, 0.25) is 0 Å². The molecule has 2 aromatic rings. The maximum Gasteiger partial charge on any atom is 0.256 e. The van der Waals surface area contributed by atoms with Gasteiger partial charge in [-0.15, -0.1) is 0 Å². The number of nitrogens with one attached hydrogen (secondary N) is 1.